The number of carbonyl (C=O) groups is 1. The van der Waals surface area contributed by atoms with E-state index >= 15 is 0 Å². The van der Waals surface area contributed by atoms with Crippen LogP contribution in [0.5, 0.6) is 0 Å². The molecule has 0 unspecified atom stereocenters. The Morgan fingerprint density at radius 1 is 1.35 bits per heavy atom. The Morgan fingerprint density at radius 3 is 2.59 bits per heavy atom. The molecule has 2 rings (SSSR count). The summed E-state index contributed by atoms with van der Waals surface area (Å²) >= 11 is 12.0. The summed E-state index contributed by atoms with van der Waals surface area (Å²) < 4.78 is 4.89. The van der Waals surface area contributed by atoms with Crippen LogP contribution in [0.15, 0.2) is 28.8 Å². The molecular formula is C11H7Cl2NO3. The van der Waals surface area contributed by atoms with Crippen LogP contribution >= 0.6 is 23.2 Å². The minimum atomic E-state index is -0.988. The summed E-state index contributed by atoms with van der Waals surface area (Å²) in [6.45, 7) is 0. The van der Waals surface area contributed by atoms with E-state index in [1.807, 2.05) is 0 Å². The van der Waals surface area contributed by atoms with E-state index in [1.165, 1.54) is 6.07 Å². The predicted molar refractivity (Wildman–Crippen MR) is 63.3 cm³/mol. The van der Waals surface area contributed by atoms with E-state index in [1.54, 1.807) is 18.2 Å². The smallest absolute Gasteiger partial charge is 0.311 e. The molecule has 0 saturated heterocycles. The average Bonchev–Trinajstić information content (AvgIpc) is 2.65. The van der Waals surface area contributed by atoms with Gasteiger partial charge in [0.2, 0.25) is 0 Å². The summed E-state index contributed by atoms with van der Waals surface area (Å²) in [5.74, 6) is -0.735. The Kier molecular flexibility index (Phi) is 3.36. The number of carboxylic acid groups (broad SMARTS) is 1. The lowest BCUT2D eigenvalue weighted by Gasteiger charge is -2.01. The van der Waals surface area contributed by atoms with E-state index in [0.29, 0.717) is 21.3 Å². The molecule has 17 heavy (non-hydrogen) atoms. The molecular weight excluding hydrogens is 265 g/mol. The van der Waals surface area contributed by atoms with Crippen LogP contribution in [0.2, 0.25) is 10.0 Å². The predicted octanol–water partition coefficient (Wildman–Crippen LogP) is 3.28. The van der Waals surface area contributed by atoms with Gasteiger partial charge in [-0.2, -0.15) is 0 Å². The van der Waals surface area contributed by atoms with Gasteiger partial charge in [0.25, 0.3) is 0 Å². The Morgan fingerprint density at radius 2 is 2.00 bits per heavy atom. The van der Waals surface area contributed by atoms with Crippen molar-refractivity contribution in [3.8, 4) is 11.3 Å². The molecule has 1 N–H and O–H groups in total. The standard InChI is InChI=1S/C11H7Cl2NO3/c12-7-2-1-3-8(13)11(7)9-4-6(17-14-9)5-10(15)16/h1-4H,5H2,(H,15,16). The lowest BCUT2D eigenvalue weighted by Crippen LogP contribution is -1.97. The van der Waals surface area contributed by atoms with Crippen molar-refractivity contribution in [3.63, 3.8) is 0 Å². The molecule has 0 radical (unpaired) electrons. The summed E-state index contributed by atoms with van der Waals surface area (Å²) in [6.07, 6.45) is -0.227. The van der Waals surface area contributed by atoms with Gasteiger partial charge in [-0.25, -0.2) is 0 Å². The number of nitrogens with zero attached hydrogens (tertiary/aromatic N) is 1. The molecule has 0 amide bonds. The van der Waals surface area contributed by atoms with Crippen LogP contribution in [0.3, 0.4) is 0 Å². The van der Waals surface area contributed by atoms with Crippen molar-refractivity contribution in [2.24, 2.45) is 0 Å². The van der Waals surface area contributed by atoms with Crippen LogP contribution in [-0.2, 0) is 11.2 Å². The fraction of sp³-hybridized carbons (Fsp3) is 0.0909. The second kappa shape index (κ2) is 4.77. The van der Waals surface area contributed by atoms with Gasteiger partial charge in [-0.1, -0.05) is 34.4 Å². The maximum absolute atomic E-state index is 10.5. The minimum Gasteiger partial charge on any atom is -0.481 e. The molecule has 0 bridgehead atoms. The summed E-state index contributed by atoms with van der Waals surface area (Å²) in [6, 6.07) is 6.58. The first-order chi connectivity index (χ1) is 8.08. The van der Waals surface area contributed by atoms with Gasteiger partial charge < -0.3 is 9.63 Å². The number of carboxylic acids is 1. The molecule has 1 aromatic carbocycles. The molecule has 88 valence electrons. The number of benzene rings is 1. The van der Waals surface area contributed by atoms with Gasteiger partial charge in [-0.05, 0) is 12.1 Å². The van der Waals surface area contributed by atoms with E-state index in [4.69, 9.17) is 32.8 Å². The van der Waals surface area contributed by atoms with Gasteiger partial charge in [0.1, 0.15) is 17.9 Å². The Balaban J connectivity index is 2.40. The molecule has 0 aliphatic rings. The van der Waals surface area contributed by atoms with Crippen molar-refractivity contribution in [3.05, 3.63) is 40.1 Å². The summed E-state index contributed by atoms with van der Waals surface area (Å²) in [5.41, 5.74) is 0.966. The third kappa shape index (κ3) is 2.60. The van der Waals surface area contributed by atoms with Crippen molar-refractivity contribution < 1.29 is 14.4 Å². The molecule has 0 fully saturated rings. The number of rotatable bonds is 3. The maximum atomic E-state index is 10.5. The fourth-order valence-electron chi connectivity index (χ4n) is 1.41. The van der Waals surface area contributed by atoms with Gasteiger partial charge in [0.15, 0.2) is 0 Å². The first-order valence-corrected chi connectivity index (χ1v) is 5.45. The van der Waals surface area contributed by atoms with Crippen molar-refractivity contribution in [2.45, 2.75) is 6.42 Å². The van der Waals surface area contributed by atoms with Crippen molar-refractivity contribution >= 4 is 29.2 Å². The molecule has 1 heterocycles. The van der Waals surface area contributed by atoms with Crippen LogP contribution < -0.4 is 0 Å². The largest absolute Gasteiger partial charge is 0.481 e. The van der Waals surface area contributed by atoms with Crippen LogP contribution in [0, 0.1) is 0 Å². The maximum Gasteiger partial charge on any atom is 0.311 e. The fourth-order valence-corrected chi connectivity index (χ4v) is 2.00. The molecule has 0 aliphatic heterocycles. The van der Waals surface area contributed by atoms with Crippen LogP contribution in [0.25, 0.3) is 11.3 Å². The summed E-state index contributed by atoms with van der Waals surface area (Å²) in [7, 11) is 0. The van der Waals surface area contributed by atoms with Crippen molar-refractivity contribution in [2.75, 3.05) is 0 Å². The van der Waals surface area contributed by atoms with Gasteiger partial charge in [-0.3, -0.25) is 4.79 Å². The SMILES string of the molecule is O=C(O)Cc1cc(-c2c(Cl)cccc2Cl)no1. The Hall–Kier alpha value is -1.52. The van der Waals surface area contributed by atoms with Crippen molar-refractivity contribution in [1.82, 2.24) is 5.16 Å². The highest BCUT2D eigenvalue weighted by Gasteiger charge is 2.14. The number of hydrogen-bond donors (Lipinski definition) is 1. The third-order valence-electron chi connectivity index (χ3n) is 2.10. The monoisotopic (exact) mass is 271 g/mol. The number of hydrogen-bond acceptors (Lipinski definition) is 3. The third-order valence-corrected chi connectivity index (χ3v) is 2.73. The van der Waals surface area contributed by atoms with E-state index in [0.717, 1.165) is 0 Å². The molecule has 0 aliphatic carbocycles. The molecule has 0 saturated carbocycles. The van der Waals surface area contributed by atoms with E-state index in [-0.39, 0.29) is 12.2 Å². The number of aliphatic carboxylic acids is 1. The highest BCUT2D eigenvalue weighted by atomic mass is 35.5. The zero-order chi connectivity index (χ0) is 12.4. The number of aromatic nitrogens is 1. The highest BCUT2D eigenvalue weighted by molar-refractivity contribution is 6.39. The molecule has 2 aromatic rings. The van der Waals surface area contributed by atoms with E-state index in [2.05, 4.69) is 5.16 Å². The highest BCUT2D eigenvalue weighted by Crippen LogP contribution is 2.33. The van der Waals surface area contributed by atoms with Crippen LogP contribution in [0.4, 0.5) is 0 Å². The second-order valence-electron chi connectivity index (χ2n) is 3.35. The zero-order valence-corrected chi connectivity index (χ0v) is 10.00. The average molecular weight is 272 g/mol. The number of halogens is 2. The summed E-state index contributed by atoms with van der Waals surface area (Å²) in [5, 5.41) is 13.2. The Bertz CT molecular complexity index is 545. The first-order valence-electron chi connectivity index (χ1n) is 4.69. The van der Waals surface area contributed by atoms with Gasteiger partial charge in [0.05, 0.1) is 10.0 Å². The molecule has 4 nitrogen and oxygen atoms in total. The first kappa shape index (κ1) is 12.0. The lowest BCUT2D eigenvalue weighted by molar-refractivity contribution is -0.136. The molecule has 6 heteroatoms. The Labute approximate surface area is 107 Å². The van der Waals surface area contributed by atoms with Crippen LogP contribution in [0.1, 0.15) is 5.76 Å². The molecule has 0 atom stereocenters. The normalized spacial score (nSPS) is 10.5. The van der Waals surface area contributed by atoms with Gasteiger partial charge >= 0.3 is 5.97 Å². The zero-order valence-electron chi connectivity index (χ0n) is 8.48. The topological polar surface area (TPSA) is 63.3 Å². The molecule has 0 spiro atoms. The molecule has 1 aromatic heterocycles. The lowest BCUT2D eigenvalue weighted by atomic mass is 10.1. The quantitative estimate of drug-likeness (QED) is 0.931. The van der Waals surface area contributed by atoms with Gasteiger partial charge in [-0.15, -0.1) is 0 Å². The van der Waals surface area contributed by atoms with E-state index in [9.17, 15) is 4.79 Å². The van der Waals surface area contributed by atoms with Crippen LogP contribution in [-0.4, -0.2) is 16.2 Å². The minimum absolute atomic E-state index is 0.227. The second-order valence-corrected chi connectivity index (χ2v) is 4.16. The summed E-state index contributed by atoms with van der Waals surface area (Å²) in [4.78, 5) is 10.5. The van der Waals surface area contributed by atoms with E-state index < -0.39 is 5.97 Å². The van der Waals surface area contributed by atoms with Crippen molar-refractivity contribution in [1.29, 1.82) is 0 Å². The van der Waals surface area contributed by atoms with Gasteiger partial charge in [0, 0.05) is 11.6 Å².